The number of nitrogens with zero attached hydrogens (tertiary/aromatic N) is 1. The van der Waals surface area contributed by atoms with Gasteiger partial charge < -0.3 is 10.2 Å². The fourth-order valence-corrected chi connectivity index (χ4v) is 3.14. The van der Waals surface area contributed by atoms with E-state index in [1.54, 1.807) is 4.90 Å². The molecular weight excluding hydrogens is 260 g/mol. The molecular formula is C14H20N2O2S. The second kappa shape index (κ2) is 5.33. The molecule has 0 radical (unpaired) electrons. The van der Waals surface area contributed by atoms with Crippen LogP contribution in [0.2, 0.25) is 0 Å². The third-order valence-electron chi connectivity index (χ3n) is 3.74. The molecule has 2 heterocycles. The summed E-state index contributed by atoms with van der Waals surface area (Å²) < 4.78 is 0. The Kier molecular flexibility index (Phi) is 3.94. The topological polar surface area (TPSA) is 49.4 Å². The lowest BCUT2D eigenvalue weighted by atomic mass is 9.85. The first-order valence-corrected chi connectivity index (χ1v) is 7.53. The van der Waals surface area contributed by atoms with Gasteiger partial charge in [0.1, 0.15) is 5.54 Å². The molecule has 0 aliphatic carbocycles. The first-order valence-electron chi connectivity index (χ1n) is 6.65. The van der Waals surface area contributed by atoms with Crippen LogP contribution in [0.1, 0.15) is 41.9 Å². The zero-order valence-electron chi connectivity index (χ0n) is 11.7. The minimum atomic E-state index is -0.678. The van der Waals surface area contributed by atoms with Crippen molar-refractivity contribution in [1.29, 1.82) is 0 Å². The highest BCUT2D eigenvalue weighted by Gasteiger charge is 2.49. The van der Waals surface area contributed by atoms with Crippen LogP contribution in [0.15, 0.2) is 11.4 Å². The third kappa shape index (κ3) is 2.39. The molecule has 1 saturated heterocycles. The summed E-state index contributed by atoms with van der Waals surface area (Å²) in [5.74, 6) is -0.0592. The van der Waals surface area contributed by atoms with E-state index in [1.807, 2.05) is 32.2 Å². The largest absolute Gasteiger partial charge is 0.354 e. The predicted molar refractivity (Wildman–Crippen MR) is 76.4 cm³/mol. The molecule has 0 bridgehead atoms. The van der Waals surface area contributed by atoms with E-state index in [0.29, 0.717) is 13.1 Å². The van der Waals surface area contributed by atoms with Crippen LogP contribution in [-0.2, 0) is 4.79 Å². The van der Waals surface area contributed by atoms with Crippen molar-refractivity contribution in [2.75, 3.05) is 13.1 Å². The van der Waals surface area contributed by atoms with Crippen molar-refractivity contribution in [3.05, 3.63) is 21.9 Å². The fraction of sp³-hybridized carbons (Fsp3) is 0.571. The Morgan fingerprint density at radius 3 is 2.74 bits per heavy atom. The number of aryl methyl sites for hydroxylation is 1. The number of nitrogens with one attached hydrogen (secondary N) is 1. The van der Waals surface area contributed by atoms with E-state index in [2.05, 4.69) is 5.32 Å². The lowest BCUT2D eigenvalue weighted by Gasteiger charge is -2.49. The second-order valence-electron chi connectivity index (χ2n) is 5.17. The molecule has 1 aromatic rings. The Morgan fingerprint density at radius 2 is 2.26 bits per heavy atom. The summed E-state index contributed by atoms with van der Waals surface area (Å²) >= 11 is 1.44. The Balaban J connectivity index is 2.11. The van der Waals surface area contributed by atoms with Crippen LogP contribution in [0.5, 0.6) is 0 Å². The van der Waals surface area contributed by atoms with E-state index in [-0.39, 0.29) is 11.8 Å². The van der Waals surface area contributed by atoms with Crippen molar-refractivity contribution < 1.29 is 9.59 Å². The number of thiophene rings is 1. The fourth-order valence-electron chi connectivity index (χ4n) is 2.26. The van der Waals surface area contributed by atoms with Crippen LogP contribution in [0.4, 0.5) is 0 Å². The van der Waals surface area contributed by atoms with E-state index in [1.165, 1.54) is 11.3 Å². The van der Waals surface area contributed by atoms with Gasteiger partial charge in [-0.1, -0.05) is 6.92 Å². The Labute approximate surface area is 117 Å². The average molecular weight is 280 g/mol. The zero-order chi connectivity index (χ0) is 14.0. The number of amides is 2. The normalized spacial score (nSPS) is 21.9. The van der Waals surface area contributed by atoms with Gasteiger partial charge in [-0.2, -0.15) is 0 Å². The van der Waals surface area contributed by atoms with Gasteiger partial charge in [0.15, 0.2) is 0 Å². The summed E-state index contributed by atoms with van der Waals surface area (Å²) in [5.41, 5.74) is 0.307. The molecule has 1 aromatic heterocycles. The number of hydrogen-bond acceptors (Lipinski definition) is 3. The number of likely N-dealkylation sites (tertiary alicyclic amines) is 1. The molecule has 1 N–H and O–H groups in total. The van der Waals surface area contributed by atoms with Gasteiger partial charge in [-0.05, 0) is 43.7 Å². The lowest BCUT2D eigenvalue weighted by Crippen LogP contribution is -2.67. The maximum Gasteiger partial charge on any atom is 0.265 e. The molecule has 1 fully saturated rings. The minimum Gasteiger partial charge on any atom is -0.354 e. The second-order valence-corrected chi connectivity index (χ2v) is 6.09. The summed E-state index contributed by atoms with van der Waals surface area (Å²) in [7, 11) is 0. The standard InChI is InChI=1S/C14H20N2O2S/c1-4-7-15-13(18)14(3)6-8-16(14)12(17)11-10(2)5-9-19-11/h5,9H,4,6-8H2,1-3H3,(H,15,18). The monoisotopic (exact) mass is 280 g/mol. The van der Waals surface area contributed by atoms with Gasteiger partial charge in [0.05, 0.1) is 4.88 Å². The average Bonchev–Trinajstić information content (AvgIpc) is 2.79. The van der Waals surface area contributed by atoms with Gasteiger partial charge in [-0.25, -0.2) is 0 Å². The van der Waals surface area contributed by atoms with Crippen LogP contribution < -0.4 is 5.32 Å². The summed E-state index contributed by atoms with van der Waals surface area (Å²) in [5, 5.41) is 4.80. The van der Waals surface area contributed by atoms with Crippen LogP contribution in [-0.4, -0.2) is 35.3 Å². The molecule has 1 unspecified atom stereocenters. The number of rotatable bonds is 4. The maximum absolute atomic E-state index is 12.5. The summed E-state index contributed by atoms with van der Waals surface area (Å²) in [6.45, 7) is 7.11. The van der Waals surface area contributed by atoms with Gasteiger partial charge >= 0.3 is 0 Å². The molecule has 1 aliphatic heterocycles. The van der Waals surface area contributed by atoms with Crippen molar-refractivity contribution in [2.45, 2.75) is 39.2 Å². The van der Waals surface area contributed by atoms with E-state index in [4.69, 9.17) is 0 Å². The number of carbonyl (C=O) groups excluding carboxylic acids is 2. The van der Waals surface area contributed by atoms with Gasteiger partial charge in [0, 0.05) is 13.1 Å². The van der Waals surface area contributed by atoms with Crippen molar-refractivity contribution in [1.82, 2.24) is 10.2 Å². The molecule has 5 heteroatoms. The summed E-state index contributed by atoms with van der Waals surface area (Å²) in [6, 6.07) is 1.94. The summed E-state index contributed by atoms with van der Waals surface area (Å²) in [6.07, 6.45) is 1.64. The van der Waals surface area contributed by atoms with Crippen molar-refractivity contribution in [2.24, 2.45) is 0 Å². The molecule has 19 heavy (non-hydrogen) atoms. The lowest BCUT2D eigenvalue weighted by molar-refractivity contribution is -0.137. The molecule has 4 nitrogen and oxygen atoms in total. The highest BCUT2D eigenvalue weighted by atomic mass is 32.1. The van der Waals surface area contributed by atoms with Gasteiger partial charge in [-0.15, -0.1) is 11.3 Å². The van der Waals surface area contributed by atoms with E-state index >= 15 is 0 Å². The first-order chi connectivity index (χ1) is 9.00. The molecule has 104 valence electrons. The van der Waals surface area contributed by atoms with Crippen LogP contribution >= 0.6 is 11.3 Å². The zero-order valence-corrected chi connectivity index (χ0v) is 12.5. The molecule has 0 saturated carbocycles. The third-order valence-corrected chi connectivity index (χ3v) is 4.75. The number of carbonyl (C=O) groups is 2. The molecule has 1 aliphatic rings. The van der Waals surface area contributed by atoms with Gasteiger partial charge in [0.2, 0.25) is 5.91 Å². The quantitative estimate of drug-likeness (QED) is 0.919. The Morgan fingerprint density at radius 1 is 1.53 bits per heavy atom. The highest BCUT2D eigenvalue weighted by molar-refractivity contribution is 7.12. The smallest absolute Gasteiger partial charge is 0.265 e. The van der Waals surface area contributed by atoms with Crippen molar-refractivity contribution in [3.63, 3.8) is 0 Å². The Hall–Kier alpha value is -1.36. The van der Waals surface area contributed by atoms with Crippen LogP contribution in [0.3, 0.4) is 0 Å². The first kappa shape index (κ1) is 14.1. The molecule has 0 aromatic carbocycles. The minimum absolute atomic E-state index is 0.0205. The van der Waals surface area contributed by atoms with Gasteiger partial charge in [0.25, 0.3) is 5.91 Å². The van der Waals surface area contributed by atoms with Crippen LogP contribution in [0.25, 0.3) is 0 Å². The molecule has 1 atom stereocenters. The SMILES string of the molecule is CCCNC(=O)C1(C)CCN1C(=O)c1sccc1C. The highest BCUT2D eigenvalue weighted by Crippen LogP contribution is 2.33. The van der Waals surface area contributed by atoms with E-state index in [0.717, 1.165) is 23.3 Å². The Bertz CT molecular complexity index is 497. The van der Waals surface area contributed by atoms with Crippen molar-refractivity contribution >= 4 is 23.2 Å². The van der Waals surface area contributed by atoms with Gasteiger partial charge in [-0.3, -0.25) is 9.59 Å². The van der Waals surface area contributed by atoms with Crippen molar-refractivity contribution in [3.8, 4) is 0 Å². The predicted octanol–water partition coefficient (Wildman–Crippen LogP) is 2.19. The maximum atomic E-state index is 12.5. The molecule has 2 amide bonds. The van der Waals surface area contributed by atoms with E-state index < -0.39 is 5.54 Å². The van der Waals surface area contributed by atoms with Crippen LogP contribution in [0, 0.1) is 6.92 Å². The van der Waals surface area contributed by atoms with E-state index in [9.17, 15) is 9.59 Å². The molecule has 0 spiro atoms. The number of hydrogen-bond donors (Lipinski definition) is 1. The molecule has 2 rings (SSSR count). The summed E-state index contributed by atoms with van der Waals surface area (Å²) in [4.78, 5) is 27.1.